The summed E-state index contributed by atoms with van der Waals surface area (Å²) in [6.45, 7) is 8.19. The van der Waals surface area contributed by atoms with Crippen LogP contribution >= 0.6 is 0 Å². The lowest BCUT2D eigenvalue weighted by molar-refractivity contribution is 0.176. The molecular weight excluding hydrogens is 192 g/mol. The summed E-state index contributed by atoms with van der Waals surface area (Å²) < 4.78 is 11.7. The van der Waals surface area contributed by atoms with Crippen molar-refractivity contribution in [3.8, 4) is 0 Å². The Balaban J connectivity index is 2.29. The molecule has 0 N–H and O–H groups in total. The van der Waals surface area contributed by atoms with E-state index < -0.39 is 9.28 Å². The van der Waals surface area contributed by atoms with Crippen LogP contribution < -0.4 is 0 Å². The summed E-state index contributed by atoms with van der Waals surface area (Å²) in [5, 5.41) is 0. The van der Waals surface area contributed by atoms with Crippen molar-refractivity contribution < 1.29 is 8.85 Å². The van der Waals surface area contributed by atoms with Crippen molar-refractivity contribution >= 4 is 9.28 Å². The molecule has 0 aromatic heterocycles. The van der Waals surface area contributed by atoms with Crippen LogP contribution in [0.1, 0.15) is 46.5 Å². The van der Waals surface area contributed by atoms with E-state index in [1.165, 1.54) is 25.7 Å². The summed E-state index contributed by atoms with van der Waals surface area (Å²) in [5.74, 6) is 0.631. The fourth-order valence-electron chi connectivity index (χ4n) is 2.00. The molecule has 1 atom stereocenters. The molecule has 2 nitrogen and oxygen atoms in total. The van der Waals surface area contributed by atoms with E-state index >= 15 is 0 Å². The molecule has 3 heteroatoms. The lowest BCUT2D eigenvalue weighted by Gasteiger charge is -2.22. The van der Waals surface area contributed by atoms with E-state index in [1.54, 1.807) is 0 Å². The maximum atomic E-state index is 5.94. The molecule has 1 rings (SSSR count). The third-order valence-electron chi connectivity index (χ3n) is 2.71. The average molecular weight is 216 g/mol. The minimum atomic E-state index is -1.34. The highest BCUT2D eigenvalue weighted by Crippen LogP contribution is 2.33. The molecule has 0 spiro atoms. The Labute approximate surface area is 89.8 Å². The van der Waals surface area contributed by atoms with Crippen molar-refractivity contribution in [1.29, 1.82) is 0 Å². The van der Waals surface area contributed by atoms with E-state index in [1.807, 2.05) is 0 Å². The first-order chi connectivity index (χ1) is 6.74. The van der Waals surface area contributed by atoms with Gasteiger partial charge >= 0.3 is 9.28 Å². The maximum absolute atomic E-state index is 5.94. The first kappa shape index (κ1) is 12.2. The van der Waals surface area contributed by atoms with Gasteiger partial charge in [0.15, 0.2) is 0 Å². The Bertz CT molecular complexity index is 144. The van der Waals surface area contributed by atoms with Crippen LogP contribution in [0.15, 0.2) is 0 Å². The molecule has 0 heterocycles. The summed E-state index contributed by atoms with van der Waals surface area (Å²) >= 11 is 0. The molecule has 1 saturated carbocycles. The van der Waals surface area contributed by atoms with Crippen molar-refractivity contribution in [3.05, 3.63) is 0 Å². The maximum Gasteiger partial charge on any atom is 0.324 e. The van der Waals surface area contributed by atoms with Crippen LogP contribution in [0.25, 0.3) is 0 Å². The highest BCUT2D eigenvalue weighted by Gasteiger charge is 2.29. The summed E-state index contributed by atoms with van der Waals surface area (Å²) in [6, 6.07) is 0. The second kappa shape index (κ2) is 6.59. The Morgan fingerprint density at radius 1 is 1.21 bits per heavy atom. The van der Waals surface area contributed by atoms with Crippen molar-refractivity contribution in [2.24, 2.45) is 5.92 Å². The largest absolute Gasteiger partial charge is 0.397 e. The SMILES string of the molecule is CCO[SiH](OCC(C)C)C1CCCC1. The second-order valence-electron chi connectivity index (χ2n) is 4.60. The van der Waals surface area contributed by atoms with E-state index in [0.717, 1.165) is 18.8 Å². The normalized spacial score (nSPS) is 20.6. The van der Waals surface area contributed by atoms with Gasteiger partial charge in [-0.2, -0.15) is 0 Å². The first-order valence-electron chi connectivity index (χ1n) is 5.97. The fraction of sp³-hybridized carbons (Fsp3) is 1.00. The van der Waals surface area contributed by atoms with Crippen LogP contribution in [0.5, 0.6) is 0 Å². The second-order valence-corrected chi connectivity index (χ2v) is 6.94. The Kier molecular flexibility index (Phi) is 5.75. The van der Waals surface area contributed by atoms with Crippen LogP contribution in [0.2, 0.25) is 5.54 Å². The lowest BCUT2D eigenvalue weighted by Crippen LogP contribution is -2.29. The van der Waals surface area contributed by atoms with Gasteiger partial charge < -0.3 is 8.85 Å². The molecule has 1 fully saturated rings. The zero-order valence-corrected chi connectivity index (χ0v) is 10.9. The predicted molar refractivity (Wildman–Crippen MR) is 61.8 cm³/mol. The molecule has 0 aromatic rings. The zero-order valence-electron chi connectivity index (χ0n) is 9.79. The molecule has 0 saturated heterocycles. The van der Waals surface area contributed by atoms with Gasteiger partial charge in [0.2, 0.25) is 0 Å². The van der Waals surface area contributed by atoms with Crippen molar-refractivity contribution in [2.45, 2.75) is 52.0 Å². The van der Waals surface area contributed by atoms with Gasteiger partial charge in [0, 0.05) is 13.2 Å². The monoisotopic (exact) mass is 216 g/mol. The van der Waals surface area contributed by atoms with E-state index in [4.69, 9.17) is 8.85 Å². The van der Waals surface area contributed by atoms with Gasteiger partial charge in [-0.3, -0.25) is 0 Å². The molecule has 0 aromatic carbocycles. The van der Waals surface area contributed by atoms with Crippen molar-refractivity contribution in [3.63, 3.8) is 0 Å². The Morgan fingerprint density at radius 2 is 1.86 bits per heavy atom. The molecule has 1 aliphatic carbocycles. The average Bonchev–Trinajstić information content (AvgIpc) is 2.64. The summed E-state index contributed by atoms with van der Waals surface area (Å²) in [4.78, 5) is 0. The fourth-order valence-corrected chi connectivity index (χ4v) is 4.56. The molecule has 84 valence electrons. The summed E-state index contributed by atoms with van der Waals surface area (Å²) in [7, 11) is -1.34. The topological polar surface area (TPSA) is 18.5 Å². The minimum absolute atomic E-state index is 0.631. The van der Waals surface area contributed by atoms with Crippen molar-refractivity contribution in [2.75, 3.05) is 13.2 Å². The van der Waals surface area contributed by atoms with Crippen LogP contribution in [-0.2, 0) is 8.85 Å². The number of hydrogen-bond acceptors (Lipinski definition) is 2. The minimum Gasteiger partial charge on any atom is -0.397 e. The molecular formula is C11H24O2Si. The highest BCUT2D eigenvalue weighted by atomic mass is 28.3. The Hall–Kier alpha value is 0.137. The van der Waals surface area contributed by atoms with Crippen LogP contribution in [-0.4, -0.2) is 22.5 Å². The van der Waals surface area contributed by atoms with E-state index in [0.29, 0.717) is 5.92 Å². The molecule has 0 radical (unpaired) electrons. The van der Waals surface area contributed by atoms with Gasteiger partial charge in [-0.15, -0.1) is 0 Å². The van der Waals surface area contributed by atoms with Crippen molar-refractivity contribution in [1.82, 2.24) is 0 Å². The van der Waals surface area contributed by atoms with E-state index in [9.17, 15) is 0 Å². The van der Waals surface area contributed by atoms with E-state index in [-0.39, 0.29) is 0 Å². The summed E-state index contributed by atoms with van der Waals surface area (Å²) in [6.07, 6.45) is 5.45. The molecule has 1 unspecified atom stereocenters. The number of rotatable bonds is 6. The summed E-state index contributed by atoms with van der Waals surface area (Å²) in [5.41, 5.74) is 0.786. The molecule has 14 heavy (non-hydrogen) atoms. The van der Waals surface area contributed by atoms with Crippen LogP contribution in [0, 0.1) is 5.92 Å². The first-order valence-corrected chi connectivity index (χ1v) is 7.58. The molecule has 0 amide bonds. The molecule has 0 aliphatic heterocycles. The zero-order chi connectivity index (χ0) is 10.4. The van der Waals surface area contributed by atoms with Gasteiger partial charge in [0.25, 0.3) is 0 Å². The van der Waals surface area contributed by atoms with Gasteiger partial charge in [-0.25, -0.2) is 0 Å². The molecule has 1 aliphatic rings. The quantitative estimate of drug-likeness (QED) is 0.636. The van der Waals surface area contributed by atoms with Gasteiger partial charge in [-0.1, -0.05) is 26.7 Å². The van der Waals surface area contributed by atoms with Crippen LogP contribution in [0.4, 0.5) is 0 Å². The third kappa shape index (κ3) is 4.11. The van der Waals surface area contributed by atoms with Gasteiger partial charge in [-0.05, 0) is 31.2 Å². The standard InChI is InChI=1S/C11H24O2Si/c1-4-12-14(13-9-10(2)3)11-7-5-6-8-11/h10-11,14H,4-9H2,1-3H3. The molecule has 0 bridgehead atoms. The third-order valence-corrected chi connectivity index (χ3v) is 5.33. The van der Waals surface area contributed by atoms with Gasteiger partial charge in [0.05, 0.1) is 0 Å². The highest BCUT2D eigenvalue weighted by molar-refractivity contribution is 6.46. The number of hydrogen-bond donors (Lipinski definition) is 0. The lowest BCUT2D eigenvalue weighted by atomic mass is 10.2. The van der Waals surface area contributed by atoms with E-state index in [2.05, 4.69) is 20.8 Å². The predicted octanol–water partition coefficient (Wildman–Crippen LogP) is 2.86. The van der Waals surface area contributed by atoms with Crippen LogP contribution in [0.3, 0.4) is 0 Å². The van der Waals surface area contributed by atoms with Gasteiger partial charge in [0.1, 0.15) is 0 Å². The smallest absolute Gasteiger partial charge is 0.324 e. The Morgan fingerprint density at radius 3 is 2.36 bits per heavy atom.